The van der Waals surface area contributed by atoms with Gasteiger partial charge in [0.15, 0.2) is 17.6 Å². The summed E-state index contributed by atoms with van der Waals surface area (Å²) in [6, 6.07) is 11.7. The van der Waals surface area contributed by atoms with Crippen molar-refractivity contribution < 1.29 is 26.8 Å². The minimum absolute atomic E-state index is 0.117. The van der Waals surface area contributed by atoms with Crippen LogP contribution in [0.15, 0.2) is 47.4 Å². The van der Waals surface area contributed by atoms with Gasteiger partial charge in [-0.2, -0.15) is 8.42 Å². The molecule has 0 fully saturated rings. The predicted octanol–water partition coefficient (Wildman–Crippen LogP) is 2.55. The number of fused-ring (bicyclic) bond motifs is 1. The van der Waals surface area contributed by atoms with E-state index in [1.807, 2.05) is 6.92 Å². The zero-order valence-corrected chi connectivity index (χ0v) is 14.2. The molecule has 128 valence electrons. The smallest absolute Gasteiger partial charge is 0.297 e. The lowest BCUT2D eigenvalue weighted by molar-refractivity contribution is 0.0534. The van der Waals surface area contributed by atoms with E-state index in [2.05, 4.69) is 0 Å². The number of para-hydroxylation sites is 1. The molecule has 1 aliphatic rings. The van der Waals surface area contributed by atoms with Gasteiger partial charge in [0.2, 0.25) is 5.75 Å². The molecule has 2 aromatic carbocycles. The third kappa shape index (κ3) is 3.47. The van der Waals surface area contributed by atoms with Gasteiger partial charge in [-0.1, -0.05) is 23.8 Å². The number of hydrogen-bond acceptors (Lipinski definition) is 6. The van der Waals surface area contributed by atoms with E-state index in [0.717, 1.165) is 5.56 Å². The minimum Gasteiger partial charge on any atom is -0.493 e. The van der Waals surface area contributed by atoms with Crippen LogP contribution >= 0.6 is 0 Å². The summed E-state index contributed by atoms with van der Waals surface area (Å²) in [5.74, 6) is 1.58. The van der Waals surface area contributed by atoms with Crippen molar-refractivity contribution >= 4 is 10.1 Å². The second kappa shape index (κ2) is 6.70. The average molecular weight is 350 g/mol. The van der Waals surface area contributed by atoms with Crippen LogP contribution in [0.4, 0.5) is 0 Å². The van der Waals surface area contributed by atoms with Gasteiger partial charge in [0.25, 0.3) is 10.1 Å². The molecule has 3 rings (SSSR count). The number of hydrogen-bond donors (Lipinski definition) is 0. The highest BCUT2D eigenvalue weighted by Crippen LogP contribution is 2.39. The van der Waals surface area contributed by atoms with Crippen molar-refractivity contribution in [2.24, 2.45) is 0 Å². The van der Waals surface area contributed by atoms with Crippen LogP contribution in [0.5, 0.6) is 17.2 Å². The lowest BCUT2D eigenvalue weighted by Crippen LogP contribution is -2.34. The van der Waals surface area contributed by atoms with Crippen LogP contribution in [0.3, 0.4) is 0 Å². The minimum atomic E-state index is -3.83. The third-order valence-electron chi connectivity index (χ3n) is 3.59. The Kier molecular flexibility index (Phi) is 4.64. The van der Waals surface area contributed by atoms with Crippen molar-refractivity contribution in [2.45, 2.75) is 17.9 Å². The number of aryl methyl sites for hydroxylation is 1. The second-order valence-electron chi connectivity index (χ2n) is 5.39. The number of benzene rings is 2. The van der Waals surface area contributed by atoms with E-state index in [0.29, 0.717) is 17.2 Å². The van der Waals surface area contributed by atoms with Crippen LogP contribution in [0.2, 0.25) is 0 Å². The second-order valence-corrected chi connectivity index (χ2v) is 7.01. The summed E-state index contributed by atoms with van der Waals surface area (Å²) in [7, 11) is -2.28. The van der Waals surface area contributed by atoms with Gasteiger partial charge in [-0.05, 0) is 31.2 Å². The van der Waals surface area contributed by atoms with Crippen LogP contribution in [0.1, 0.15) is 5.56 Å². The lowest BCUT2D eigenvalue weighted by atomic mass is 10.2. The quantitative estimate of drug-likeness (QED) is 0.772. The molecule has 2 aromatic rings. The zero-order valence-electron chi connectivity index (χ0n) is 13.4. The zero-order chi connectivity index (χ0) is 17.2. The van der Waals surface area contributed by atoms with Crippen LogP contribution in [0, 0.1) is 6.92 Å². The lowest BCUT2D eigenvalue weighted by Gasteiger charge is -2.27. The average Bonchev–Trinajstić information content (AvgIpc) is 2.59. The van der Waals surface area contributed by atoms with E-state index < -0.39 is 16.2 Å². The Morgan fingerprint density at radius 2 is 1.92 bits per heavy atom. The summed E-state index contributed by atoms with van der Waals surface area (Å²) >= 11 is 0. The first-order valence-corrected chi connectivity index (χ1v) is 8.83. The van der Waals surface area contributed by atoms with Crippen molar-refractivity contribution in [2.75, 3.05) is 20.3 Å². The molecule has 1 atom stereocenters. The summed E-state index contributed by atoms with van der Waals surface area (Å²) in [6.07, 6.45) is -0.523. The Bertz CT molecular complexity index is 813. The summed E-state index contributed by atoms with van der Waals surface area (Å²) < 4.78 is 46.0. The topological polar surface area (TPSA) is 71.1 Å². The first-order valence-electron chi connectivity index (χ1n) is 7.42. The first kappa shape index (κ1) is 16.6. The Balaban J connectivity index is 1.66. The highest BCUT2D eigenvalue weighted by molar-refractivity contribution is 7.86. The van der Waals surface area contributed by atoms with Crippen molar-refractivity contribution in [3.8, 4) is 17.2 Å². The molecule has 0 aliphatic carbocycles. The molecule has 1 heterocycles. The predicted molar refractivity (Wildman–Crippen MR) is 87.2 cm³/mol. The third-order valence-corrected chi connectivity index (χ3v) is 4.88. The SMILES string of the molecule is COc1cccc2c1OCC(COS(=O)(=O)c1ccc(C)cc1)O2. The van der Waals surface area contributed by atoms with Crippen LogP contribution in [-0.2, 0) is 14.3 Å². The Labute approximate surface area is 141 Å². The van der Waals surface area contributed by atoms with Gasteiger partial charge in [0.05, 0.1) is 12.0 Å². The van der Waals surface area contributed by atoms with Crippen LogP contribution in [0.25, 0.3) is 0 Å². The molecule has 24 heavy (non-hydrogen) atoms. The molecule has 7 heteroatoms. The number of methoxy groups -OCH3 is 1. The summed E-state index contributed by atoms with van der Waals surface area (Å²) in [4.78, 5) is 0.117. The van der Waals surface area contributed by atoms with E-state index in [9.17, 15) is 8.42 Å². The molecule has 0 radical (unpaired) electrons. The van der Waals surface area contributed by atoms with Gasteiger partial charge in [0, 0.05) is 0 Å². The molecular weight excluding hydrogens is 332 g/mol. The van der Waals surface area contributed by atoms with Crippen LogP contribution in [-0.4, -0.2) is 34.8 Å². The van der Waals surface area contributed by atoms with E-state index in [-0.39, 0.29) is 18.1 Å². The van der Waals surface area contributed by atoms with Crippen molar-refractivity contribution in [3.63, 3.8) is 0 Å². The molecule has 0 spiro atoms. The largest absolute Gasteiger partial charge is 0.493 e. The van der Waals surface area contributed by atoms with Crippen molar-refractivity contribution in [1.29, 1.82) is 0 Å². The standard InChI is InChI=1S/C17H18O6S/c1-12-6-8-14(9-7-12)24(18,19)22-11-13-10-21-17-15(20-2)4-3-5-16(17)23-13/h3-9,13H,10-11H2,1-2H3. The highest BCUT2D eigenvalue weighted by atomic mass is 32.2. The number of rotatable bonds is 5. The normalized spacial score (nSPS) is 16.7. The van der Waals surface area contributed by atoms with E-state index in [1.54, 1.807) is 37.4 Å². The maximum absolute atomic E-state index is 12.2. The van der Waals surface area contributed by atoms with Crippen LogP contribution < -0.4 is 14.2 Å². The molecule has 0 saturated carbocycles. The number of ether oxygens (including phenoxy) is 3. The molecular formula is C17H18O6S. The fourth-order valence-electron chi connectivity index (χ4n) is 2.30. The van der Waals surface area contributed by atoms with Gasteiger partial charge < -0.3 is 14.2 Å². The van der Waals surface area contributed by atoms with E-state index >= 15 is 0 Å². The first-order chi connectivity index (χ1) is 11.5. The Morgan fingerprint density at radius 3 is 2.62 bits per heavy atom. The van der Waals surface area contributed by atoms with Gasteiger partial charge >= 0.3 is 0 Å². The molecule has 6 nitrogen and oxygen atoms in total. The van der Waals surface area contributed by atoms with E-state index in [4.69, 9.17) is 18.4 Å². The molecule has 0 N–H and O–H groups in total. The molecule has 1 aliphatic heterocycles. The Morgan fingerprint density at radius 1 is 1.17 bits per heavy atom. The fraction of sp³-hybridized carbons (Fsp3) is 0.294. The fourth-order valence-corrected chi connectivity index (χ4v) is 3.24. The van der Waals surface area contributed by atoms with Gasteiger partial charge in [-0.15, -0.1) is 0 Å². The highest BCUT2D eigenvalue weighted by Gasteiger charge is 2.26. The molecule has 0 amide bonds. The summed E-state index contributed by atoms with van der Waals surface area (Å²) in [6.45, 7) is 1.93. The van der Waals surface area contributed by atoms with Crippen molar-refractivity contribution in [3.05, 3.63) is 48.0 Å². The molecule has 0 bridgehead atoms. The molecule has 0 aromatic heterocycles. The maximum atomic E-state index is 12.2. The van der Waals surface area contributed by atoms with Crippen molar-refractivity contribution in [1.82, 2.24) is 0 Å². The molecule has 0 saturated heterocycles. The summed E-state index contributed by atoms with van der Waals surface area (Å²) in [5, 5.41) is 0. The monoisotopic (exact) mass is 350 g/mol. The Hall–Kier alpha value is -2.25. The summed E-state index contributed by atoms with van der Waals surface area (Å²) in [5.41, 5.74) is 0.975. The maximum Gasteiger partial charge on any atom is 0.297 e. The van der Waals surface area contributed by atoms with Gasteiger partial charge in [-0.3, -0.25) is 4.18 Å². The van der Waals surface area contributed by atoms with Gasteiger partial charge in [0.1, 0.15) is 13.2 Å². The van der Waals surface area contributed by atoms with E-state index in [1.165, 1.54) is 12.1 Å². The molecule has 1 unspecified atom stereocenters. The van der Waals surface area contributed by atoms with Gasteiger partial charge in [-0.25, -0.2) is 0 Å².